The molecule has 106 valence electrons. The molecule has 0 atom stereocenters. The number of carbonyl (C=O) groups is 1. The zero-order valence-corrected chi connectivity index (χ0v) is 12.5. The largest absolute Gasteiger partial charge is 0.466 e. The number of hydrogen-bond acceptors (Lipinski definition) is 4. The van der Waals surface area contributed by atoms with Crippen molar-refractivity contribution in [2.75, 3.05) is 19.7 Å². The van der Waals surface area contributed by atoms with E-state index in [9.17, 15) is 4.79 Å². The number of esters is 1. The van der Waals surface area contributed by atoms with E-state index in [4.69, 9.17) is 4.74 Å². The summed E-state index contributed by atoms with van der Waals surface area (Å²) in [6.45, 7) is 5.79. The minimum Gasteiger partial charge on any atom is -0.466 e. The molecule has 0 aliphatic carbocycles. The van der Waals surface area contributed by atoms with Crippen molar-refractivity contribution in [2.45, 2.75) is 45.6 Å². The lowest BCUT2D eigenvalue weighted by Crippen LogP contribution is -2.30. The Morgan fingerprint density at radius 3 is 3.16 bits per heavy atom. The minimum absolute atomic E-state index is 0.0524. The van der Waals surface area contributed by atoms with Gasteiger partial charge in [-0.15, -0.1) is 11.3 Å². The van der Waals surface area contributed by atoms with E-state index in [0.29, 0.717) is 13.0 Å². The lowest BCUT2D eigenvalue weighted by molar-refractivity contribution is -0.143. The number of thiophene rings is 1. The van der Waals surface area contributed by atoms with Crippen molar-refractivity contribution < 1.29 is 9.53 Å². The number of unbranched alkanes of at least 4 members (excludes halogenated alkanes) is 2. The second kappa shape index (κ2) is 7.65. The van der Waals surface area contributed by atoms with Gasteiger partial charge in [0, 0.05) is 24.4 Å². The van der Waals surface area contributed by atoms with Gasteiger partial charge in [-0.05, 0) is 49.7 Å². The molecule has 0 fully saturated rings. The molecule has 1 aromatic heterocycles. The van der Waals surface area contributed by atoms with E-state index in [1.807, 2.05) is 18.3 Å². The SMILES string of the molecule is CCOC(=O)CCCCCN1CCc2sccc2C1. The Morgan fingerprint density at radius 1 is 1.42 bits per heavy atom. The van der Waals surface area contributed by atoms with Crippen LogP contribution >= 0.6 is 11.3 Å². The fourth-order valence-corrected chi connectivity index (χ4v) is 3.40. The van der Waals surface area contributed by atoms with Crippen molar-refractivity contribution in [3.63, 3.8) is 0 Å². The van der Waals surface area contributed by atoms with Crippen LogP contribution in [0.1, 0.15) is 43.0 Å². The highest BCUT2D eigenvalue weighted by Gasteiger charge is 2.16. The number of rotatable bonds is 7. The van der Waals surface area contributed by atoms with E-state index in [1.165, 1.54) is 24.9 Å². The molecule has 1 aromatic rings. The van der Waals surface area contributed by atoms with Gasteiger partial charge in [-0.2, -0.15) is 0 Å². The third-order valence-electron chi connectivity index (χ3n) is 3.55. The van der Waals surface area contributed by atoms with Gasteiger partial charge in [0.15, 0.2) is 0 Å². The molecule has 0 radical (unpaired) electrons. The molecule has 2 heterocycles. The monoisotopic (exact) mass is 281 g/mol. The van der Waals surface area contributed by atoms with Crippen LogP contribution in [0.25, 0.3) is 0 Å². The van der Waals surface area contributed by atoms with E-state index >= 15 is 0 Å². The quantitative estimate of drug-likeness (QED) is 0.567. The lowest BCUT2D eigenvalue weighted by atomic mass is 10.1. The standard InChI is InChI=1S/C15H23NO2S/c1-2-18-15(17)6-4-3-5-9-16-10-7-14-13(12-16)8-11-19-14/h8,11H,2-7,9-10,12H2,1H3. The summed E-state index contributed by atoms with van der Waals surface area (Å²) in [5.41, 5.74) is 1.52. The van der Waals surface area contributed by atoms with Gasteiger partial charge in [0.25, 0.3) is 0 Å². The van der Waals surface area contributed by atoms with Gasteiger partial charge in [-0.1, -0.05) is 6.42 Å². The van der Waals surface area contributed by atoms with Crippen LogP contribution in [-0.4, -0.2) is 30.6 Å². The zero-order chi connectivity index (χ0) is 13.5. The third kappa shape index (κ3) is 4.62. The summed E-state index contributed by atoms with van der Waals surface area (Å²) in [5.74, 6) is -0.0524. The summed E-state index contributed by atoms with van der Waals surface area (Å²) in [5, 5.41) is 2.20. The predicted octanol–water partition coefficient (Wildman–Crippen LogP) is 3.23. The van der Waals surface area contributed by atoms with Crippen LogP contribution in [0.3, 0.4) is 0 Å². The highest BCUT2D eigenvalue weighted by Crippen LogP contribution is 2.24. The fraction of sp³-hybridized carbons (Fsp3) is 0.667. The first-order chi connectivity index (χ1) is 9.29. The Balaban J connectivity index is 1.56. The van der Waals surface area contributed by atoms with Crippen molar-refractivity contribution >= 4 is 17.3 Å². The molecular weight excluding hydrogens is 258 g/mol. The van der Waals surface area contributed by atoms with Gasteiger partial charge >= 0.3 is 5.97 Å². The summed E-state index contributed by atoms with van der Waals surface area (Å²) in [7, 11) is 0. The molecule has 0 spiro atoms. The number of hydrogen-bond donors (Lipinski definition) is 0. The van der Waals surface area contributed by atoms with E-state index in [-0.39, 0.29) is 5.97 Å². The van der Waals surface area contributed by atoms with Crippen LogP contribution < -0.4 is 0 Å². The van der Waals surface area contributed by atoms with E-state index < -0.39 is 0 Å². The van der Waals surface area contributed by atoms with Crippen LogP contribution in [0.2, 0.25) is 0 Å². The maximum absolute atomic E-state index is 11.2. The first-order valence-corrected chi connectivity index (χ1v) is 8.10. The summed E-state index contributed by atoms with van der Waals surface area (Å²) < 4.78 is 4.92. The molecule has 0 aromatic carbocycles. The maximum atomic E-state index is 11.2. The van der Waals surface area contributed by atoms with Crippen molar-refractivity contribution in [3.8, 4) is 0 Å². The number of fused-ring (bicyclic) bond motifs is 1. The Bertz CT molecular complexity index is 403. The number of carbonyl (C=O) groups excluding carboxylic acids is 1. The Morgan fingerprint density at radius 2 is 2.32 bits per heavy atom. The lowest BCUT2D eigenvalue weighted by Gasteiger charge is -2.26. The Kier molecular flexibility index (Phi) is 5.86. The van der Waals surface area contributed by atoms with Gasteiger partial charge in [-0.25, -0.2) is 0 Å². The highest BCUT2D eigenvalue weighted by atomic mass is 32.1. The van der Waals surface area contributed by atoms with Crippen molar-refractivity contribution in [3.05, 3.63) is 21.9 Å². The molecular formula is C15H23NO2S. The molecule has 0 unspecified atom stereocenters. The molecule has 2 rings (SSSR count). The molecule has 1 aliphatic heterocycles. The first kappa shape index (κ1) is 14.5. The average Bonchev–Trinajstić information content (AvgIpc) is 2.86. The van der Waals surface area contributed by atoms with E-state index in [2.05, 4.69) is 16.3 Å². The molecule has 1 aliphatic rings. The van der Waals surface area contributed by atoms with E-state index in [0.717, 1.165) is 25.9 Å². The molecule has 3 nitrogen and oxygen atoms in total. The normalized spacial score (nSPS) is 15.2. The highest BCUT2D eigenvalue weighted by molar-refractivity contribution is 7.10. The summed E-state index contributed by atoms with van der Waals surface area (Å²) in [6, 6.07) is 2.26. The zero-order valence-electron chi connectivity index (χ0n) is 11.7. The van der Waals surface area contributed by atoms with Crippen LogP contribution in [0.4, 0.5) is 0 Å². The minimum atomic E-state index is -0.0524. The van der Waals surface area contributed by atoms with Crippen LogP contribution in [0, 0.1) is 0 Å². The van der Waals surface area contributed by atoms with Gasteiger partial charge in [0.1, 0.15) is 0 Å². The van der Waals surface area contributed by atoms with Gasteiger partial charge < -0.3 is 4.74 Å². The molecule has 19 heavy (non-hydrogen) atoms. The summed E-state index contributed by atoms with van der Waals surface area (Å²) >= 11 is 1.89. The summed E-state index contributed by atoms with van der Waals surface area (Å²) in [4.78, 5) is 15.3. The molecule has 4 heteroatoms. The number of ether oxygens (including phenoxy) is 1. The topological polar surface area (TPSA) is 29.5 Å². The molecule has 0 saturated heterocycles. The molecule has 0 saturated carbocycles. The van der Waals surface area contributed by atoms with Crippen molar-refractivity contribution in [1.82, 2.24) is 4.90 Å². The molecule has 0 bridgehead atoms. The van der Waals surface area contributed by atoms with Crippen LogP contribution in [0.15, 0.2) is 11.4 Å². The second-order valence-electron chi connectivity index (χ2n) is 5.01. The third-order valence-corrected chi connectivity index (χ3v) is 4.57. The van der Waals surface area contributed by atoms with Gasteiger partial charge in [0.05, 0.1) is 6.61 Å². The summed E-state index contributed by atoms with van der Waals surface area (Å²) in [6.07, 6.45) is 5.03. The van der Waals surface area contributed by atoms with Gasteiger partial charge in [-0.3, -0.25) is 9.69 Å². The first-order valence-electron chi connectivity index (χ1n) is 7.23. The Hall–Kier alpha value is -0.870. The van der Waals surface area contributed by atoms with Crippen molar-refractivity contribution in [2.24, 2.45) is 0 Å². The predicted molar refractivity (Wildman–Crippen MR) is 78.4 cm³/mol. The van der Waals surface area contributed by atoms with Crippen LogP contribution in [-0.2, 0) is 22.5 Å². The number of nitrogens with zero attached hydrogens (tertiary/aromatic N) is 1. The van der Waals surface area contributed by atoms with Gasteiger partial charge in [0.2, 0.25) is 0 Å². The smallest absolute Gasteiger partial charge is 0.305 e. The average molecular weight is 281 g/mol. The van der Waals surface area contributed by atoms with E-state index in [1.54, 1.807) is 4.88 Å². The van der Waals surface area contributed by atoms with Crippen molar-refractivity contribution in [1.29, 1.82) is 0 Å². The Labute approximate surface area is 119 Å². The fourth-order valence-electron chi connectivity index (χ4n) is 2.51. The second-order valence-corrected chi connectivity index (χ2v) is 6.01. The molecule has 0 N–H and O–H groups in total. The van der Waals surface area contributed by atoms with Crippen LogP contribution in [0.5, 0.6) is 0 Å². The molecule has 0 amide bonds. The maximum Gasteiger partial charge on any atom is 0.305 e.